The first-order valence-electron chi connectivity index (χ1n) is 5.09. The molecule has 1 heterocycles. The van der Waals surface area contributed by atoms with Crippen LogP contribution in [0.3, 0.4) is 0 Å². The summed E-state index contributed by atoms with van der Waals surface area (Å²) in [4.78, 5) is 0. The number of nitrogens with two attached hydrogens (primary N) is 1. The molecule has 0 amide bonds. The third-order valence-electron chi connectivity index (χ3n) is 2.50. The van der Waals surface area contributed by atoms with E-state index in [-0.39, 0.29) is 11.9 Å². The lowest BCUT2D eigenvalue weighted by molar-refractivity contribution is 0.224. The molecule has 0 radical (unpaired) electrons. The summed E-state index contributed by atoms with van der Waals surface area (Å²) >= 11 is 0. The van der Waals surface area contributed by atoms with E-state index in [0.717, 1.165) is 12.2 Å². The minimum atomic E-state index is -0.232. The molecule has 2 N–H and O–H groups in total. The van der Waals surface area contributed by atoms with E-state index in [4.69, 9.17) is 10.5 Å². The number of hydrogen-bond acceptors (Lipinski definition) is 2. The first-order chi connectivity index (χ1) is 7.27. The molecule has 15 heavy (non-hydrogen) atoms. The Kier molecular flexibility index (Phi) is 3.02. The summed E-state index contributed by atoms with van der Waals surface area (Å²) in [7, 11) is 0. The van der Waals surface area contributed by atoms with Crippen LogP contribution in [0.5, 0.6) is 0 Å². The zero-order valence-electron chi connectivity index (χ0n) is 8.45. The zero-order chi connectivity index (χ0) is 10.7. The highest BCUT2D eigenvalue weighted by atomic mass is 19.1. The van der Waals surface area contributed by atoms with E-state index >= 15 is 0 Å². The summed E-state index contributed by atoms with van der Waals surface area (Å²) in [5, 5.41) is 0. The molecule has 2 rings (SSSR count). The van der Waals surface area contributed by atoms with Crippen molar-refractivity contribution in [1.29, 1.82) is 0 Å². The summed E-state index contributed by atoms with van der Waals surface area (Å²) in [5.74, 6) is 0.588. The molecule has 0 saturated carbocycles. The SMILES string of the molecule is NC(Cc1ccccc1F)C1=CCCO1. The fraction of sp³-hybridized carbons (Fsp3) is 0.333. The highest BCUT2D eigenvalue weighted by molar-refractivity contribution is 5.21. The summed E-state index contributed by atoms with van der Waals surface area (Å²) in [5.41, 5.74) is 6.56. The normalized spacial score (nSPS) is 17.1. The second kappa shape index (κ2) is 4.45. The maximum absolute atomic E-state index is 13.3. The van der Waals surface area contributed by atoms with Crippen molar-refractivity contribution >= 4 is 0 Å². The lowest BCUT2D eigenvalue weighted by Gasteiger charge is -2.13. The Morgan fingerprint density at radius 1 is 1.40 bits per heavy atom. The van der Waals surface area contributed by atoms with Crippen molar-refractivity contribution in [3.8, 4) is 0 Å². The van der Waals surface area contributed by atoms with Crippen LogP contribution in [0.4, 0.5) is 4.39 Å². The zero-order valence-corrected chi connectivity index (χ0v) is 8.45. The largest absolute Gasteiger partial charge is 0.496 e. The molecule has 0 aliphatic carbocycles. The monoisotopic (exact) mass is 207 g/mol. The summed E-state index contributed by atoms with van der Waals surface area (Å²) in [6.07, 6.45) is 3.37. The third kappa shape index (κ3) is 2.36. The van der Waals surface area contributed by atoms with Crippen LogP contribution >= 0.6 is 0 Å². The smallest absolute Gasteiger partial charge is 0.126 e. The molecule has 0 fully saturated rings. The van der Waals surface area contributed by atoms with Gasteiger partial charge in [-0.15, -0.1) is 0 Å². The van der Waals surface area contributed by atoms with Crippen LogP contribution in [0.2, 0.25) is 0 Å². The van der Waals surface area contributed by atoms with Crippen molar-refractivity contribution in [2.45, 2.75) is 18.9 Å². The third-order valence-corrected chi connectivity index (χ3v) is 2.50. The minimum Gasteiger partial charge on any atom is -0.496 e. The molecule has 0 spiro atoms. The number of halogens is 1. The van der Waals surface area contributed by atoms with Crippen LogP contribution in [-0.2, 0) is 11.2 Å². The molecule has 1 aromatic carbocycles. The number of hydrogen-bond donors (Lipinski definition) is 1. The molecule has 2 nitrogen and oxygen atoms in total. The van der Waals surface area contributed by atoms with E-state index in [1.54, 1.807) is 12.1 Å². The maximum Gasteiger partial charge on any atom is 0.126 e. The first-order valence-corrected chi connectivity index (χ1v) is 5.09. The van der Waals surface area contributed by atoms with Gasteiger partial charge in [0.25, 0.3) is 0 Å². The molecule has 80 valence electrons. The van der Waals surface area contributed by atoms with Crippen molar-refractivity contribution < 1.29 is 9.13 Å². The standard InChI is InChI=1S/C12H14FNO/c13-10-5-2-1-4-9(10)8-11(14)12-6-3-7-15-12/h1-2,4-6,11H,3,7-8,14H2. The highest BCUT2D eigenvalue weighted by Gasteiger charge is 2.16. The van der Waals surface area contributed by atoms with Crippen molar-refractivity contribution in [1.82, 2.24) is 0 Å². The summed E-state index contributed by atoms with van der Waals surface area (Å²) in [6, 6.07) is 6.46. The van der Waals surface area contributed by atoms with Gasteiger partial charge in [-0.05, 0) is 24.1 Å². The van der Waals surface area contributed by atoms with Crippen LogP contribution in [0.1, 0.15) is 12.0 Å². The molecule has 0 aromatic heterocycles. The summed E-state index contributed by atoms with van der Waals surface area (Å²) < 4.78 is 18.7. The van der Waals surface area contributed by atoms with Gasteiger partial charge in [0.1, 0.15) is 11.6 Å². The van der Waals surface area contributed by atoms with Gasteiger partial charge in [-0.25, -0.2) is 4.39 Å². The van der Waals surface area contributed by atoms with Gasteiger partial charge in [0, 0.05) is 6.42 Å². The van der Waals surface area contributed by atoms with Crippen LogP contribution < -0.4 is 5.73 Å². The van der Waals surface area contributed by atoms with Gasteiger partial charge in [0.15, 0.2) is 0 Å². The van der Waals surface area contributed by atoms with Gasteiger partial charge in [-0.2, -0.15) is 0 Å². The van der Waals surface area contributed by atoms with Crippen LogP contribution in [0.25, 0.3) is 0 Å². The van der Waals surface area contributed by atoms with Gasteiger partial charge < -0.3 is 10.5 Å². The van der Waals surface area contributed by atoms with Crippen molar-refractivity contribution in [2.75, 3.05) is 6.61 Å². The number of benzene rings is 1. The lowest BCUT2D eigenvalue weighted by atomic mass is 10.0. The molecule has 0 bridgehead atoms. The Morgan fingerprint density at radius 2 is 2.20 bits per heavy atom. The summed E-state index contributed by atoms with van der Waals surface area (Å²) in [6.45, 7) is 0.695. The Balaban J connectivity index is 2.05. The minimum absolute atomic E-state index is 0.202. The van der Waals surface area contributed by atoms with Gasteiger partial charge in [-0.3, -0.25) is 0 Å². The Hall–Kier alpha value is -1.35. The molecule has 3 heteroatoms. The second-order valence-electron chi connectivity index (χ2n) is 3.65. The predicted molar refractivity (Wildman–Crippen MR) is 56.7 cm³/mol. The van der Waals surface area contributed by atoms with E-state index in [2.05, 4.69) is 0 Å². The van der Waals surface area contributed by atoms with Crippen molar-refractivity contribution in [3.63, 3.8) is 0 Å². The molecule has 1 atom stereocenters. The average molecular weight is 207 g/mol. The average Bonchev–Trinajstić information content (AvgIpc) is 2.74. The fourth-order valence-corrected chi connectivity index (χ4v) is 1.70. The van der Waals surface area contributed by atoms with E-state index in [1.165, 1.54) is 6.07 Å². The van der Waals surface area contributed by atoms with Gasteiger partial charge in [0.05, 0.1) is 12.6 Å². The molecular formula is C12H14FNO. The van der Waals surface area contributed by atoms with Crippen molar-refractivity contribution in [3.05, 3.63) is 47.5 Å². The fourth-order valence-electron chi connectivity index (χ4n) is 1.70. The lowest BCUT2D eigenvalue weighted by Crippen LogP contribution is -2.26. The Bertz CT molecular complexity index is 376. The van der Waals surface area contributed by atoms with Gasteiger partial charge in [0.2, 0.25) is 0 Å². The Labute approximate surface area is 88.5 Å². The number of rotatable bonds is 3. The van der Waals surface area contributed by atoms with E-state index in [9.17, 15) is 4.39 Å². The maximum atomic E-state index is 13.3. The van der Waals surface area contributed by atoms with Crippen LogP contribution in [0.15, 0.2) is 36.1 Å². The van der Waals surface area contributed by atoms with Crippen LogP contribution in [-0.4, -0.2) is 12.6 Å². The number of ether oxygens (including phenoxy) is 1. The van der Waals surface area contributed by atoms with E-state index < -0.39 is 0 Å². The highest BCUT2D eigenvalue weighted by Crippen LogP contribution is 2.16. The van der Waals surface area contributed by atoms with Crippen molar-refractivity contribution in [2.24, 2.45) is 5.73 Å². The topological polar surface area (TPSA) is 35.2 Å². The molecule has 1 aliphatic heterocycles. The molecule has 1 unspecified atom stereocenters. The predicted octanol–water partition coefficient (Wildman–Crippen LogP) is 2.00. The van der Waals surface area contributed by atoms with Gasteiger partial charge in [-0.1, -0.05) is 18.2 Å². The molecule has 1 aromatic rings. The molecular weight excluding hydrogens is 193 g/mol. The van der Waals surface area contributed by atoms with Gasteiger partial charge >= 0.3 is 0 Å². The van der Waals surface area contributed by atoms with Crippen LogP contribution in [0, 0.1) is 5.82 Å². The first kappa shape index (κ1) is 10.2. The molecule has 0 saturated heterocycles. The second-order valence-corrected chi connectivity index (χ2v) is 3.65. The van der Waals surface area contributed by atoms with E-state index in [0.29, 0.717) is 18.6 Å². The molecule has 1 aliphatic rings. The Morgan fingerprint density at radius 3 is 2.87 bits per heavy atom. The quantitative estimate of drug-likeness (QED) is 0.822. The van der Waals surface area contributed by atoms with E-state index in [1.807, 2.05) is 12.1 Å².